The lowest BCUT2D eigenvalue weighted by atomic mass is 9.82. The van der Waals surface area contributed by atoms with Crippen LogP contribution in [0.25, 0.3) is 0 Å². The molecule has 1 aromatic carbocycles. The number of benzene rings is 1. The van der Waals surface area contributed by atoms with Gasteiger partial charge in [0, 0.05) is 12.4 Å². The average molecular weight is 350 g/mol. The molecule has 21 heavy (non-hydrogen) atoms. The molecule has 0 radical (unpaired) electrons. The molecule has 0 amide bonds. The summed E-state index contributed by atoms with van der Waals surface area (Å²) in [6.07, 6.45) is 3.47. The number of ether oxygens (including phenoxy) is 1. The van der Waals surface area contributed by atoms with Crippen LogP contribution in [0.5, 0.6) is 5.75 Å². The molecule has 4 nitrogen and oxygen atoms in total. The summed E-state index contributed by atoms with van der Waals surface area (Å²) < 4.78 is 6.18. The van der Waals surface area contributed by atoms with E-state index in [0.717, 1.165) is 15.8 Å². The van der Waals surface area contributed by atoms with E-state index in [0.29, 0.717) is 5.95 Å². The number of rotatable bonds is 4. The first-order valence-electron chi connectivity index (χ1n) is 6.78. The van der Waals surface area contributed by atoms with Gasteiger partial charge in [-0.25, -0.2) is 9.97 Å². The Bertz CT molecular complexity index is 593. The minimum Gasteiger partial charge on any atom is -0.497 e. The molecule has 0 aliphatic rings. The predicted octanol–water partition coefficient (Wildman–Crippen LogP) is 4.45. The van der Waals surface area contributed by atoms with Crippen molar-refractivity contribution in [3.05, 3.63) is 46.7 Å². The van der Waals surface area contributed by atoms with Gasteiger partial charge in [-0.05, 0) is 39.0 Å². The molecule has 0 bridgehead atoms. The van der Waals surface area contributed by atoms with Crippen LogP contribution >= 0.6 is 15.9 Å². The van der Waals surface area contributed by atoms with E-state index in [1.165, 1.54) is 0 Å². The summed E-state index contributed by atoms with van der Waals surface area (Å²) in [6.45, 7) is 6.55. The molecule has 0 fully saturated rings. The van der Waals surface area contributed by atoms with E-state index < -0.39 is 0 Å². The van der Waals surface area contributed by atoms with Gasteiger partial charge in [-0.3, -0.25) is 0 Å². The maximum Gasteiger partial charge on any atom is 0.223 e. The predicted molar refractivity (Wildman–Crippen MR) is 88.5 cm³/mol. The van der Waals surface area contributed by atoms with Crippen molar-refractivity contribution < 1.29 is 4.74 Å². The second-order valence-electron chi connectivity index (χ2n) is 5.94. The van der Waals surface area contributed by atoms with Gasteiger partial charge in [0.15, 0.2) is 0 Å². The van der Waals surface area contributed by atoms with E-state index in [2.05, 4.69) is 58.1 Å². The van der Waals surface area contributed by atoms with E-state index in [9.17, 15) is 0 Å². The van der Waals surface area contributed by atoms with Gasteiger partial charge in [0.05, 0.1) is 17.6 Å². The van der Waals surface area contributed by atoms with Crippen LogP contribution in [0.4, 0.5) is 5.95 Å². The first-order valence-corrected chi connectivity index (χ1v) is 7.57. The summed E-state index contributed by atoms with van der Waals surface area (Å²) in [5.41, 5.74) is 1.15. The van der Waals surface area contributed by atoms with Crippen molar-refractivity contribution in [2.45, 2.75) is 26.8 Å². The quantitative estimate of drug-likeness (QED) is 0.885. The van der Waals surface area contributed by atoms with Gasteiger partial charge in [0.25, 0.3) is 0 Å². The molecule has 0 aliphatic heterocycles. The van der Waals surface area contributed by atoms with Gasteiger partial charge in [-0.2, -0.15) is 0 Å². The highest BCUT2D eigenvalue weighted by Crippen LogP contribution is 2.36. The van der Waals surface area contributed by atoms with Crippen molar-refractivity contribution in [3.8, 4) is 5.75 Å². The van der Waals surface area contributed by atoms with Crippen LogP contribution in [-0.2, 0) is 0 Å². The number of hydrogen-bond acceptors (Lipinski definition) is 4. The summed E-state index contributed by atoms with van der Waals surface area (Å²) in [5, 5.41) is 3.42. The van der Waals surface area contributed by atoms with Gasteiger partial charge >= 0.3 is 0 Å². The third-order valence-corrected chi connectivity index (χ3v) is 3.60. The van der Waals surface area contributed by atoms with Gasteiger partial charge < -0.3 is 10.1 Å². The molecule has 5 heteroatoms. The first kappa shape index (κ1) is 15.8. The Kier molecular flexibility index (Phi) is 4.83. The molecule has 1 aromatic heterocycles. The van der Waals surface area contributed by atoms with E-state index >= 15 is 0 Å². The topological polar surface area (TPSA) is 47.0 Å². The van der Waals surface area contributed by atoms with Gasteiger partial charge in [0.2, 0.25) is 5.95 Å². The fourth-order valence-electron chi connectivity index (χ4n) is 2.14. The van der Waals surface area contributed by atoms with Crippen LogP contribution in [0.2, 0.25) is 0 Å². The van der Waals surface area contributed by atoms with Gasteiger partial charge in [-0.1, -0.05) is 32.9 Å². The third kappa shape index (κ3) is 4.17. The summed E-state index contributed by atoms with van der Waals surface area (Å²) in [6, 6.07) is 8.15. The van der Waals surface area contributed by atoms with Crippen molar-refractivity contribution in [2.24, 2.45) is 5.41 Å². The lowest BCUT2D eigenvalue weighted by molar-refractivity contribution is 0.344. The van der Waals surface area contributed by atoms with E-state index in [1.54, 1.807) is 19.5 Å². The van der Waals surface area contributed by atoms with Crippen molar-refractivity contribution in [2.75, 3.05) is 12.4 Å². The number of methoxy groups -OCH3 is 1. The normalized spacial score (nSPS) is 12.8. The van der Waals surface area contributed by atoms with Crippen LogP contribution < -0.4 is 10.1 Å². The van der Waals surface area contributed by atoms with Crippen LogP contribution in [0.1, 0.15) is 32.4 Å². The monoisotopic (exact) mass is 349 g/mol. The van der Waals surface area contributed by atoms with Crippen molar-refractivity contribution >= 4 is 21.9 Å². The Morgan fingerprint density at radius 3 is 2.43 bits per heavy atom. The lowest BCUT2D eigenvalue weighted by Gasteiger charge is -2.32. The number of nitrogens with one attached hydrogen (secondary N) is 1. The summed E-state index contributed by atoms with van der Waals surface area (Å²) >= 11 is 3.35. The highest BCUT2D eigenvalue weighted by Gasteiger charge is 2.27. The van der Waals surface area contributed by atoms with E-state index in [-0.39, 0.29) is 11.5 Å². The molecule has 1 atom stereocenters. The maximum absolute atomic E-state index is 5.32. The molecule has 1 heterocycles. The number of anilines is 1. The van der Waals surface area contributed by atoms with Crippen LogP contribution in [0.15, 0.2) is 41.1 Å². The van der Waals surface area contributed by atoms with Crippen LogP contribution in [0, 0.1) is 5.41 Å². The zero-order chi connectivity index (χ0) is 15.5. The van der Waals surface area contributed by atoms with Crippen LogP contribution in [-0.4, -0.2) is 17.1 Å². The zero-order valence-electron chi connectivity index (χ0n) is 12.7. The summed E-state index contributed by atoms with van der Waals surface area (Å²) in [5.74, 6) is 1.46. The zero-order valence-corrected chi connectivity index (χ0v) is 14.3. The number of aromatic nitrogens is 2. The van der Waals surface area contributed by atoms with Crippen molar-refractivity contribution in [1.82, 2.24) is 9.97 Å². The molecule has 0 saturated carbocycles. The largest absolute Gasteiger partial charge is 0.497 e. The number of nitrogens with zero attached hydrogens (tertiary/aromatic N) is 2. The van der Waals surface area contributed by atoms with E-state index in [4.69, 9.17) is 4.74 Å². The standard InChI is InChI=1S/C16H20BrN3O/c1-16(2,3)14(11-6-5-7-13(8-11)21-4)20-15-18-9-12(17)10-19-15/h5-10,14H,1-4H3,(H,18,19,20). The second-order valence-corrected chi connectivity index (χ2v) is 6.86. The molecule has 2 rings (SSSR count). The molecular weight excluding hydrogens is 330 g/mol. The highest BCUT2D eigenvalue weighted by molar-refractivity contribution is 9.10. The maximum atomic E-state index is 5.32. The fourth-order valence-corrected chi connectivity index (χ4v) is 2.34. The molecule has 0 spiro atoms. The molecule has 1 unspecified atom stereocenters. The summed E-state index contributed by atoms with van der Waals surface area (Å²) in [4.78, 5) is 8.60. The van der Waals surface area contributed by atoms with Crippen LogP contribution in [0.3, 0.4) is 0 Å². The Morgan fingerprint density at radius 2 is 1.86 bits per heavy atom. The Hall–Kier alpha value is -1.62. The summed E-state index contributed by atoms with van der Waals surface area (Å²) in [7, 11) is 1.68. The third-order valence-electron chi connectivity index (χ3n) is 3.19. The SMILES string of the molecule is COc1cccc(C(Nc2ncc(Br)cn2)C(C)(C)C)c1. The van der Waals surface area contributed by atoms with Gasteiger partial charge in [0.1, 0.15) is 5.75 Å². The minimum absolute atomic E-state index is 0.00278. The highest BCUT2D eigenvalue weighted by atomic mass is 79.9. The molecule has 2 aromatic rings. The molecule has 0 saturated heterocycles. The van der Waals surface area contributed by atoms with Crippen molar-refractivity contribution in [3.63, 3.8) is 0 Å². The average Bonchev–Trinajstić information content (AvgIpc) is 2.45. The first-order chi connectivity index (χ1) is 9.90. The fraction of sp³-hybridized carbons (Fsp3) is 0.375. The minimum atomic E-state index is 0.00278. The number of hydrogen-bond donors (Lipinski definition) is 1. The Balaban J connectivity index is 2.32. The smallest absolute Gasteiger partial charge is 0.223 e. The molecule has 1 N–H and O–H groups in total. The van der Waals surface area contributed by atoms with E-state index in [1.807, 2.05) is 18.2 Å². The lowest BCUT2D eigenvalue weighted by Crippen LogP contribution is -2.26. The number of halogens is 1. The molecule has 0 aliphatic carbocycles. The second kappa shape index (κ2) is 6.43. The van der Waals surface area contributed by atoms with Crippen molar-refractivity contribution in [1.29, 1.82) is 0 Å². The Morgan fingerprint density at radius 1 is 1.19 bits per heavy atom. The molecule has 112 valence electrons. The van der Waals surface area contributed by atoms with Gasteiger partial charge in [-0.15, -0.1) is 0 Å². The molecular formula is C16H20BrN3O. The Labute approximate surface area is 134 Å².